The van der Waals surface area contributed by atoms with Crippen molar-refractivity contribution in [3.63, 3.8) is 0 Å². The van der Waals surface area contributed by atoms with Crippen LogP contribution in [0.1, 0.15) is 18.9 Å². The van der Waals surface area contributed by atoms with Crippen LogP contribution in [0.25, 0.3) is 0 Å². The fourth-order valence-corrected chi connectivity index (χ4v) is 1.11. The number of hydrogen-bond acceptors (Lipinski definition) is 3. The predicted molar refractivity (Wildman–Crippen MR) is 56.4 cm³/mol. The van der Waals surface area contributed by atoms with Crippen molar-refractivity contribution in [3.8, 4) is 0 Å². The van der Waals surface area contributed by atoms with Crippen molar-refractivity contribution in [1.29, 1.82) is 0 Å². The minimum absolute atomic E-state index is 0.169. The molecule has 0 heterocycles. The van der Waals surface area contributed by atoms with Gasteiger partial charge in [-0.2, -0.15) is 0 Å². The maximum absolute atomic E-state index is 10.9. The molecule has 0 saturated carbocycles. The second-order valence-corrected chi connectivity index (χ2v) is 3.27. The predicted octanol–water partition coefficient (Wildman–Crippen LogP) is 1.75. The third-order valence-electron chi connectivity index (χ3n) is 1.98. The van der Waals surface area contributed by atoms with Gasteiger partial charge in [0.15, 0.2) is 11.6 Å². The molecule has 3 nitrogen and oxygen atoms in total. The van der Waals surface area contributed by atoms with E-state index in [0.29, 0.717) is 13.2 Å². The summed E-state index contributed by atoms with van der Waals surface area (Å²) in [6.07, 6.45) is 0.169. The van der Waals surface area contributed by atoms with Gasteiger partial charge in [-0.1, -0.05) is 30.3 Å². The van der Waals surface area contributed by atoms with E-state index in [1.54, 1.807) is 0 Å². The van der Waals surface area contributed by atoms with E-state index in [9.17, 15) is 9.59 Å². The molecule has 3 heteroatoms. The molecule has 1 aromatic carbocycles. The lowest BCUT2D eigenvalue weighted by molar-refractivity contribution is -0.136. The molecule has 15 heavy (non-hydrogen) atoms. The Hall–Kier alpha value is -1.48. The quantitative estimate of drug-likeness (QED) is 0.526. The van der Waals surface area contributed by atoms with Crippen molar-refractivity contribution in [3.05, 3.63) is 35.9 Å². The molecular weight excluding hydrogens is 192 g/mol. The average Bonchev–Trinajstić information content (AvgIpc) is 2.25. The van der Waals surface area contributed by atoms with E-state index in [4.69, 9.17) is 4.74 Å². The van der Waals surface area contributed by atoms with Crippen LogP contribution in [0.5, 0.6) is 0 Å². The van der Waals surface area contributed by atoms with Gasteiger partial charge in [0.25, 0.3) is 0 Å². The fourth-order valence-electron chi connectivity index (χ4n) is 1.11. The van der Waals surface area contributed by atoms with Gasteiger partial charge in [-0.3, -0.25) is 9.59 Å². The Balaban J connectivity index is 2.18. The molecule has 1 rings (SSSR count). The lowest BCUT2D eigenvalue weighted by Gasteiger charge is -2.02. The van der Waals surface area contributed by atoms with Gasteiger partial charge in [0.1, 0.15) is 0 Å². The van der Waals surface area contributed by atoms with Crippen molar-refractivity contribution in [2.75, 3.05) is 6.61 Å². The Morgan fingerprint density at radius 3 is 2.47 bits per heavy atom. The van der Waals surface area contributed by atoms with Crippen LogP contribution in [0.3, 0.4) is 0 Å². The van der Waals surface area contributed by atoms with Crippen molar-refractivity contribution < 1.29 is 14.3 Å². The molecule has 0 fully saturated rings. The first-order valence-corrected chi connectivity index (χ1v) is 4.85. The maximum Gasteiger partial charge on any atom is 0.200 e. The van der Waals surface area contributed by atoms with E-state index >= 15 is 0 Å². The minimum atomic E-state index is -0.404. The van der Waals surface area contributed by atoms with E-state index < -0.39 is 5.78 Å². The lowest BCUT2D eigenvalue weighted by atomic mass is 10.2. The number of hydrogen-bond donors (Lipinski definition) is 0. The molecule has 0 atom stereocenters. The summed E-state index contributed by atoms with van der Waals surface area (Å²) in [7, 11) is 0. The highest BCUT2D eigenvalue weighted by molar-refractivity contribution is 6.36. The topological polar surface area (TPSA) is 43.4 Å². The van der Waals surface area contributed by atoms with Gasteiger partial charge in [0.05, 0.1) is 13.2 Å². The molecule has 0 aromatic heterocycles. The van der Waals surface area contributed by atoms with Crippen molar-refractivity contribution in [1.82, 2.24) is 0 Å². The zero-order valence-corrected chi connectivity index (χ0v) is 8.73. The third-order valence-corrected chi connectivity index (χ3v) is 1.98. The summed E-state index contributed by atoms with van der Waals surface area (Å²) in [4.78, 5) is 21.5. The Kier molecular flexibility index (Phi) is 4.71. The summed E-state index contributed by atoms with van der Waals surface area (Å²) < 4.78 is 5.27. The summed E-state index contributed by atoms with van der Waals surface area (Å²) >= 11 is 0. The zero-order valence-electron chi connectivity index (χ0n) is 8.73. The fraction of sp³-hybridized carbons (Fsp3) is 0.333. The second-order valence-electron chi connectivity index (χ2n) is 3.27. The minimum Gasteiger partial charge on any atom is -0.376 e. The highest BCUT2D eigenvalue weighted by Gasteiger charge is 2.06. The van der Waals surface area contributed by atoms with E-state index in [1.807, 2.05) is 30.3 Å². The van der Waals surface area contributed by atoms with Crippen LogP contribution >= 0.6 is 0 Å². The molecular formula is C12H14O3. The van der Waals surface area contributed by atoms with E-state index in [0.717, 1.165) is 5.56 Å². The molecule has 0 aliphatic carbocycles. The molecule has 1 aromatic rings. The molecule has 0 spiro atoms. The van der Waals surface area contributed by atoms with Crippen LogP contribution in [0.4, 0.5) is 0 Å². The Bertz CT molecular complexity index is 330. The largest absolute Gasteiger partial charge is 0.376 e. The summed E-state index contributed by atoms with van der Waals surface area (Å²) in [5.41, 5.74) is 1.06. The molecule has 0 aliphatic rings. The smallest absolute Gasteiger partial charge is 0.200 e. The number of carbonyl (C=O) groups excluding carboxylic acids is 2. The molecule has 80 valence electrons. The first kappa shape index (κ1) is 11.6. The van der Waals surface area contributed by atoms with Gasteiger partial charge in [-0.15, -0.1) is 0 Å². The molecule has 0 N–H and O–H groups in total. The van der Waals surface area contributed by atoms with Gasteiger partial charge in [0, 0.05) is 13.3 Å². The third kappa shape index (κ3) is 4.51. The molecule has 0 unspecified atom stereocenters. The van der Waals surface area contributed by atoms with Crippen LogP contribution in [-0.4, -0.2) is 18.2 Å². The number of carbonyl (C=O) groups is 2. The summed E-state index contributed by atoms with van der Waals surface area (Å²) in [6.45, 7) is 2.05. The highest BCUT2D eigenvalue weighted by Crippen LogP contribution is 2.00. The standard InChI is InChI=1S/C12H14O3/c1-10(13)12(14)7-8-15-9-11-5-3-2-4-6-11/h2-6H,7-9H2,1H3. The van der Waals surface area contributed by atoms with Crippen molar-refractivity contribution in [2.24, 2.45) is 0 Å². The Morgan fingerprint density at radius 1 is 1.20 bits per heavy atom. The van der Waals surface area contributed by atoms with E-state index in [-0.39, 0.29) is 12.2 Å². The van der Waals surface area contributed by atoms with Crippen LogP contribution < -0.4 is 0 Å². The SMILES string of the molecule is CC(=O)C(=O)CCOCc1ccccc1. The van der Waals surface area contributed by atoms with Gasteiger partial charge in [0.2, 0.25) is 0 Å². The Labute approximate surface area is 89.1 Å². The van der Waals surface area contributed by atoms with Crippen LogP contribution in [0, 0.1) is 0 Å². The first-order chi connectivity index (χ1) is 7.20. The van der Waals surface area contributed by atoms with Gasteiger partial charge >= 0.3 is 0 Å². The normalized spacial score (nSPS) is 9.93. The number of benzene rings is 1. The maximum atomic E-state index is 10.9. The number of Topliss-reactive ketones (excluding diaryl/α,β-unsaturated/α-hetero) is 2. The average molecular weight is 206 g/mol. The highest BCUT2D eigenvalue weighted by atomic mass is 16.5. The molecule has 0 saturated heterocycles. The molecule has 0 radical (unpaired) electrons. The number of ether oxygens (including phenoxy) is 1. The monoisotopic (exact) mass is 206 g/mol. The lowest BCUT2D eigenvalue weighted by Crippen LogP contribution is -2.12. The first-order valence-electron chi connectivity index (χ1n) is 4.85. The number of ketones is 2. The van der Waals surface area contributed by atoms with Gasteiger partial charge in [-0.25, -0.2) is 0 Å². The van der Waals surface area contributed by atoms with Gasteiger partial charge < -0.3 is 4.74 Å². The van der Waals surface area contributed by atoms with Crippen LogP contribution in [0.2, 0.25) is 0 Å². The van der Waals surface area contributed by atoms with Crippen LogP contribution in [0.15, 0.2) is 30.3 Å². The van der Waals surface area contributed by atoms with Crippen LogP contribution in [-0.2, 0) is 20.9 Å². The molecule has 0 amide bonds. The zero-order chi connectivity index (χ0) is 11.1. The van der Waals surface area contributed by atoms with Gasteiger partial charge in [-0.05, 0) is 5.56 Å². The van der Waals surface area contributed by atoms with Crippen molar-refractivity contribution in [2.45, 2.75) is 20.0 Å². The van der Waals surface area contributed by atoms with E-state index in [2.05, 4.69) is 0 Å². The summed E-state index contributed by atoms with van der Waals surface area (Å²) in [5.74, 6) is -0.777. The summed E-state index contributed by atoms with van der Waals surface area (Å²) in [5, 5.41) is 0. The summed E-state index contributed by atoms with van der Waals surface area (Å²) in [6, 6.07) is 9.70. The molecule has 0 aliphatic heterocycles. The second kappa shape index (κ2) is 6.09. The Morgan fingerprint density at radius 2 is 1.87 bits per heavy atom. The van der Waals surface area contributed by atoms with Crippen molar-refractivity contribution >= 4 is 11.6 Å². The number of rotatable bonds is 6. The molecule has 0 bridgehead atoms. The van der Waals surface area contributed by atoms with E-state index in [1.165, 1.54) is 6.92 Å².